The molecule has 4 rings (SSSR count). The first-order valence-corrected chi connectivity index (χ1v) is 7.84. The summed E-state index contributed by atoms with van der Waals surface area (Å²) >= 11 is 6.23. The maximum Gasteiger partial charge on any atom is 0.261 e. The Balaban J connectivity index is 1.89. The van der Waals surface area contributed by atoms with Crippen LogP contribution in [-0.4, -0.2) is 11.8 Å². The van der Waals surface area contributed by atoms with E-state index in [2.05, 4.69) is 0 Å². The summed E-state index contributed by atoms with van der Waals surface area (Å²) in [6.07, 6.45) is 3.38. The smallest absolute Gasteiger partial charge is 0.261 e. The summed E-state index contributed by atoms with van der Waals surface area (Å²) in [7, 11) is 0. The molecule has 0 fully saturated rings. The molecule has 4 heteroatoms. The highest BCUT2D eigenvalue weighted by Crippen LogP contribution is 2.39. The number of nitrogens with zero attached hydrogens (tertiary/aromatic N) is 1. The molecule has 2 amide bonds. The van der Waals surface area contributed by atoms with E-state index in [1.807, 2.05) is 24.3 Å². The summed E-state index contributed by atoms with van der Waals surface area (Å²) in [4.78, 5) is 26.7. The van der Waals surface area contributed by atoms with Gasteiger partial charge in [0.25, 0.3) is 11.8 Å². The number of benzene rings is 2. The summed E-state index contributed by atoms with van der Waals surface area (Å²) in [6.45, 7) is 0. The second kappa shape index (κ2) is 4.96. The molecule has 2 aliphatic rings. The Morgan fingerprint density at radius 2 is 1.41 bits per heavy atom. The molecule has 0 saturated heterocycles. The largest absolute Gasteiger partial charge is 0.269 e. The molecule has 3 nitrogen and oxygen atoms in total. The van der Waals surface area contributed by atoms with E-state index >= 15 is 0 Å². The predicted octanol–water partition coefficient (Wildman–Crippen LogP) is 4.24. The molecule has 2 aromatic carbocycles. The van der Waals surface area contributed by atoms with Gasteiger partial charge in [0.05, 0.1) is 5.69 Å². The lowest BCUT2D eigenvalue weighted by molar-refractivity contribution is -0.120. The zero-order valence-corrected chi connectivity index (χ0v) is 12.7. The van der Waals surface area contributed by atoms with Crippen LogP contribution in [0.5, 0.6) is 0 Å². The highest BCUT2D eigenvalue weighted by molar-refractivity contribution is 6.38. The number of halogens is 1. The van der Waals surface area contributed by atoms with Crippen molar-refractivity contribution in [2.75, 3.05) is 4.90 Å². The first-order valence-electron chi connectivity index (χ1n) is 7.46. The number of anilines is 1. The van der Waals surface area contributed by atoms with Crippen molar-refractivity contribution in [2.24, 2.45) is 0 Å². The van der Waals surface area contributed by atoms with Crippen LogP contribution in [0, 0.1) is 0 Å². The Kier molecular flexibility index (Phi) is 3.05. The third-order valence-corrected chi connectivity index (χ3v) is 4.81. The number of carbonyl (C=O) groups is 2. The molecule has 0 atom stereocenters. The van der Waals surface area contributed by atoms with E-state index in [4.69, 9.17) is 11.6 Å². The fraction of sp³-hybridized carbons (Fsp3) is 0.222. The molecule has 1 aliphatic carbocycles. The summed E-state index contributed by atoms with van der Waals surface area (Å²) in [5.74, 6) is -0.320. The van der Waals surface area contributed by atoms with Gasteiger partial charge in [-0.2, -0.15) is 0 Å². The van der Waals surface area contributed by atoms with Crippen molar-refractivity contribution in [3.8, 4) is 0 Å². The highest BCUT2D eigenvalue weighted by Gasteiger charge is 2.40. The van der Waals surface area contributed by atoms with Gasteiger partial charge in [0.1, 0.15) is 0 Å². The molecule has 0 aromatic heterocycles. The molecule has 0 unspecified atom stereocenters. The van der Waals surface area contributed by atoms with Crippen LogP contribution in [0.1, 0.15) is 25.7 Å². The molecule has 2 aromatic rings. The van der Waals surface area contributed by atoms with Crippen molar-refractivity contribution >= 4 is 39.9 Å². The van der Waals surface area contributed by atoms with Gasteiger partial charge in [-0.25, -0.2) is 4.90 Å². The maximum absolute atomic E-state index is 12.7. The van der Waals surface area contributed by atoms with Gasteiger partial charge in [0.15, 0.2) is 0 Å². The highest BCUT2D eigenvalue weighted by atomic mass is 35.5. The van der Waals surface area contributed by atoms with Crippen molar-refractivity contribution in [3.63, 3.8) is 0 Å². The molecule has 0 N–H and O–H groups in total. The Labute approximate surface area is 133 Å². The minimum atomic E-state index is -0.160. The van der Waals surface area contributed by atoms with Gasteiger partial charge in [-0.3, -0.25) is 9.59 Å². The van der Waals surface area contributed by atoms with Crippen LogP contribution in [0.3, 0.4) is 0 Å². The van der Waals surface area contributed by atoms with Crippen LogP contribution in [0.15, 0.2) is 47.5 Å². The minimum absolute atomic E-state index is 0.160. The van der Waals surface area contributed by atoms with Gasteiger partial charge in [-0.05, 0) is 37.8 Å². The fourth-order valence-electron chi connectivity index (χ4n) is 3.40. The van der Waals surface area contributed by atoms with Crippen molar-refractivity contribution in [1.82, 2.24) is 0 Å². The van der Waals surface area contributed by atoms with Crippen LogP contribution in [0.2, 0.25) is 5.02 Å². The first kappa shape index (κ1) is 13.5. The molecule has 0 bridgehead atoms. The van der Waals surface area contributed by atoms with E-state index in [1.165, 1.54) is 4.90 Å². The van der Waals surface area contributed by atoms with E-state index in [-0.39, 0.29) is 11.8 Å². The average molecular weight is 312 g/mol. The molecule has 0 saturated carbocycles. The monoisotopic (exact) mass is 311 g/mol. The lowest BCUT2D eigenvalue weighted by Crippen LogP contribution is -2.31. The van der Waals surface area contributed by atoms with Gasteiger partial charge >= 0.3 is 0 Å². The van der Waals surface area contributed by atoms with Crippen molar-refractivity contribution in [2.45, 2.75) is 25.7 Å². The minimum Gasteiger partial charge on any atom is -0.269 e. The second-order valence-corrected chi connectivity index (χ2v) is 6.13. The Bertz CT molecular complexity index is 825. The number of hydrogen-bond donors (Lipinski definition) is 0. The second-order valence-electron chi connectivity index (χ2n) is 5.72. The van der Waals surface area contributed by atoms with Crippen LogP contribution in [-0.2, 0) is 9.59 Å². The normalized spacial score (nSPS) is 18.3. The summed E-state index contributed by atoms with van der Waals surface area (Å²) in [6, 6.07) is 11.1. The molecular formula is C18H14ClNO2. The average Bonchev–Trinajstić information content (AvgIpc) is 2.81. The lowest BCUT2D eigenvalue weighted by Gasteiger charge is -2.18. The Morgan fingerprint density at radius 1 is 0.818 bits per heavy atom. The zero-order chi connectivity index (χ0) is 15.3. The number of amides is 2. The van der Waals surface area contributed by atoms with Gasteiger partial charge in [-0.1, -0.05) is 35.9 Å². The summed E-state index contributed by atoms with van der Waals surface area (Å²) in [5.41, 5.74) is 2.04. The molecule has 1 heterocycles. The van der Waals surface area contributed by atoms with Crippen molar-refractivity contribution in [1.29, 1.82) is 0 Å². The van der Waals surface area contributed by atoms with Gasteiger partial charge in [0.2, 0.25) is 0 Å². The molecule has 110 valence electrons. The Hall–Kier alpha value is -2.13. The zero-order valence-electron chi connectivity index (χ0n) is 11.9. The van der Waals surface area contributed by atoms with Gasteiger partial charge in [0, 0.05) is 26.9 Å². The number of rotatable bonds is 1. The number of carbonyl (C=O) groups excluding carboxylic acids is 2. The van der Waals surface area contributed by atoms with E-state index < -0.39 is 0 Å². The van der Waals surface area contributed by atoms with Crippen molar-refractivity contribution in [3.05, 3.63) is 52.6 Å². The van der Waals surface area contributed by atoms with Gasteiger partial charge < -0.3 is 0 Å². The predicted molar refractivity (Wildman–Crippen MR) is 86.9 cm³/mol. The summed E-state index contributed by atoms with van der Waals surface area (Å²) < 4.78 is 0. The third-order valence-electron chi connectivity index (χ3n) is 4.48. The lowest BCUT2D eigenvalue weighted by atomic mass is 9.93. The maximum atomic E-state index is 12.7. The van der Waals surface area contributed by atoms with Crippen LogP contribution in [0.25, 0.3) is 10.8 Å². The number of hydrogen-bond acceptors (Lipinski definition) is 2. The molecule has 0 radical (unpaired) electrons. The summed E-state index contributed by atoms with van der Waals surface area (Å²) in [5, 5.41) is 2.31. The number of fused-ring (bicyclic) bond motifs is 1. The number of imide groups is 1. The molecule has 0 spiro atoms. The van der Waals surface area contributed by atoms with E-state index in [9.17, 15) is 9.59 Å². The van der Waals surface area contributed by atoms with E-state index in [0.717, 1.165) is 23.6 Å². The molecule has 1 aliphatic heterocycles. The van der Waals surface area contributed by atoms with Crippen LogP contribution >= 0.6 is 11.6 Å². The third kappa shape index (κ3) is 1.82. The first-order chi connectivity index (χ1) is 10.7. The molecular weight excluding hydrogens is 298 g/mol. The fourth-order valence-corrected chi connectivity index (χ4v) is 3.63. The van der Waals surface area contributed by atoms with Gasteiger partial charge in [-0.15, -0.1) is 0 Å². The SMILES string of the molecule is O=C1C2=C(CCCC2)C(=O)N1c1ccc(Cl)c2ccccc12. The quantitative estimate of drug-likeness (QED) is 0.739. The van der Waals surface area contributed by atoms with Crippen molar-refractivity contribution < 1.29 is 9.59 Å². The standard InChI is InChI=1S/C18H14ClNO2/c19-15-9-10-16(12-6-2-1-5-11(12)15)20-17(21)13-7-3-4-8-14(13)18(20)22/h1-2,5-6,9-10H,3-4,7-8H2. The van der Waals surface area contributed by atoms with Crippen LogP contribution < -0.4 is 4.90 Å². The topological polar surface area (TPSA) is 37.4 Å². The van der Waals surface area contributed by atoms with E-state index in [1.54, 1.807) is 12.1 Å². The van der Waals surface area contributed by atoms with E-state index in [0.29, 0.717) is 34.7 Å². The van der Waals surface area contributed by atoms with Crippen LogP contribution in [0.4, 0.5) is 5.69 Å². The Morgan fingerprint density at radius 3 is 2.05 bits per heavy atom. The molecule has 22 heavy (non-hydrogen) atoms.